The summed E-state index contributed by atoms with van der Waals surface area (Å²) in [6, 6.07) is 1.29. The first kappa shape index (κ1) is 12.6. The van der Waals surface area contributed by atoms with Gasteiger partial charge in [-0.15, -0.1) is 0 Å². The van der Waals surface area contributed by atoms with Crippen LogP contribution in [0.4, 0.5) is 0 Å². The number of likely N-dealkylation sites (tertiary alicyclic amines) is 1. The van der Waals surface area contributed by atoms with Crippen LogP contribution in [0.5, 0.6) is 0 Å². The minimum Gasteiger partial charge on any atom is -0.336 e. The van der Waals surface area contributed by atoms with Crippen LogP contribution in [0, 0.1) is 0 Å². The molecular formula is C13H24N4. The molecule has 2 atom stereocenters. The van der Waals surface area contributed by atoms with Crippen molar-refractivity contribution in [2.45, 2.75) is 45.3 Å². The molecule has 1 fully saturated rings. The van der Waals surface area contributed by atoms with E-state index in [0.717, 1.165) is 13.1 Å². The standard InChI is InChI=1S/C13H24N4/c1-3-5-15-13-4-7-17(10-13)12(2)9-16-8-6-14-11-16/h6,8,11-13,15H,3-5,7,9-10H2,1-2H3. The van der Waals surface area contributed by atoms with Gasteiger partial charge >= 0.3 is 0 Å². The van der Waals surface area contributed by atoms with Gasteiger partial charge in [-0.2, -0.15) is 0 Å². The third-order valence-electron chi connectivity index (χ3n) is 3.56. The summed E-state index contributed by atoms with van der Waals surface area (Å²) in [4.78, 5) is 6.67. The van der Waals surface area contributed by atoms with Crippen LogP contribution in [-0.4, -0.2) is 46.2 Å². The molecule has 0 spiro atoms. The van der Waals surface area contributed by atoms with Crippen LogP contribution in [0.15, 0.2) is 18.7 Å². The maximum Gasteiger partial charge on any atom is 0.0946 e. The molecule has 17 heavy (non-hydrogen) atoms. The van der Waals surface area contributed by atoms with Crippen molar-refractivity contribution in [2.24, 2.45) is 0 Å². The average molecular weight is 236 g/mol. The van der Waals surface area contributed by atoms with E-state index in [4.69, 9.17) is 0 Å². The van der Waals surface area contributed by atoms with Gasteiger partial charge in [-0.05, 0) is 26.3 Å². The topological polar surface area (TPSA) is 33.1 Å². The summed E-state index contributed by atoms with van der Waals surface area (Å²) in [6.07, 6.45) is 8.30. The molecule has 2 heterocycles. The highest BCUT2D eigenvalue weighted by Crippen LogP contribution is 2.13. The molecule has 4 nitrogen and oxygen atoms in total. The first-order chi connectivity index (χ1) is 8.29. The second kappa shape index (κ2) is 6.17. The number of imidazole rings is 1. The zero-order chi connectivity index (χ0) is 12.1. The molecule has 0 saturated carbocycles. The molecule has 0 aliphatic carbocycles. The highest BCUT2D eigenvalue weighted by Gasteiger charge is 2.25. The molecule has 2 rings (SSSR count). The summed E-state index contributed by atoms with van der Waals surface area (Å²) < 4.78 is 2.16. The van der Waals surface area contributed by atoms with E-state index in [1.54, 1.807) is 0 Å². The van der Waals surface area contributed by atoms with E-state index in [9.17, 15) is 0 Å². The number of nitrogens with one attached hydrogen (secondary N) is 1. The van der Waals surface area contributed by atoms with Crippen molar-refractivity contribution in [1.29, 1.82) is 0 Å². The summed E-state index contributed by atoms with van der Waals surface area (Å²) in [5, 5.41) is 3.61. The first-order valence-corrected chi connectivity index (χ1v) is 6.72. The Bertz CT molecular complexity index is 309. The largest absolute Gasteiger partial charge is 0.336 e. The molecule has 1 N–H and O–H groups in total. The smallest absolute Gasteiger partial charge is 0.0946 e. The van der Waals surface area contributed by atoms with Gasteiger partial charge in [0.25, 0.3) is 0 Å². The fourth-order valence-corrected chi connectivity index (χ4v) is 2.52. The summed E-state index contributed by atoms with van der Waals surface area (Å²) in [7, 11) is 0. The van der Waals surface area contributed by atoms with E-state index in [1.807, 2.05) is 18.7 Å². The van der Waals surface area contributed by atoms with Crippen molar-refractivity contribution in [3.8, 4) is 0 Å². The number of aromatic nitrogens is 2. The highest BCUT2D eigenvalue weighted by molar-refractivity contribution is 4.85. The van der Waals surface area contributed by atoms with Crippen molar-refractivity contribution in [3.63, 3.8) is 0 Å². The van der Waals surface area contributed by atoms with Gasteiger partial charge in [0, 0.05) is 44.1 Å². The molecule has 4 heteroatoms. The van der Waals surface area contributed by atoms with Crippen LogP contribution in [0.2, 0.25) is 0 Å². The van der Waals surface area contributed by atoms with E-state index < -0.39 is 0 Å². The molecule has 1 aromatic heterocycles. The van der Waals surface area contributed by atoms with E-state index in [-0.39, 0.29) is 0 Å². The number of nitrogens with zero attached hydrogens (tertiary/aromatic N) is 3. The zero-order valence-corrected chi connectivity index (χ0v) is 11.0. The fraction of sp³-hybridized carbons (Fsp3) is 0.769. The van der Waals surface area contributed by atoms with Gasteiger partial charge in [0.05, 0.1) is 6.33 Å². The van der Waals surface area contributed by atoms with Gasteiger partial charge in [0.1, 0.15) is 0 Å². The van der Waals surface area contributed by atoms with Gasteiger partial charge in [-0.1, -0.05) is 6.92 Å². The number of hydrogen-bond acceptors (Lipinski definition) is 3. The average Bonchev–Trinajstić information content (AvgIpc) is 2.96. The molecule has 1 saturated heterocycles. The zero-order valence-electron chi connectivity index (χ0n) is 11.0. The molecule has 96 valence electrons. The molecule has 0 amide bonds. The molecule has 1 aliphatic rings. The Morgan fingerprint density at radius 1 is 1.53 bits per heavy atom. The second-order valence-electron chi connectivity index (χ2n) is 5.04. The molecule has 1 aliphatic heterocycles. The Kier molecular flexibility index (Phi) is 4.57. The van der Waals surface area contributed by atoms with Gasteiger partial charge in [-0.25, -0.2) is 4.98 Å². The van der Waals surface area contributed by atoms with Crippen LogP contribution < -0.4 is 5.32 Å². The Morgan fingerprint density at radius 3 is 3.12 bits per heavy atom. The highest BCUT2D eigenvalue weighted by atomic mass is 15.2. The lowest BCUT2D eigenvalue weighted by atomic mass is 10.2. The Morgan fingerprint density at radius 2 is 2.41 bits per heavy atom. The summed E-state index contributed by atoms with van der Waals surface area (Å²) >= 11 is 0. The first-order valence-electron chi connectivity index (χ1n) is 6.72. The van der Waals surface area contributed by atoms with Crippen molar-refractivity contribution in [2.75, 3.05) is 19.6 Å². The molecule has 2 unspecified atom stereocenters. The number of rotatable bonds is 6. The van der Waals surface area contributed by atoms with Crippen molar-refractivity contribution >= 4 is 0 Å². The SMILES string of the molecule is CCCNC1CCN(C(C)Cn2ccnc2)C1. The fourth-order valence-electron chi connectivity index (χ4n) is 2.52. The van der Waals surface area contributed by atoms with Crippen LogP contribution in [0.3, 0.4) is 0 Å². The normalized spacial score (nSPS) is 23.1. The minimum absolute atomic E-state index is 0.595. The maximum atomic E-state index is 4.09. The predicted molar refractivity (Wildman–Crippen MR) is 70.0 cm³/mol. The Balaban J connectivity index is 1.75. The number of hydrogen-bond donors (Lipinski definition) is 1. The lowest BCUT2D eigenvalue weighted by molar-refractivity contribution is 0.230. The van der Waals surface area contributed by atoms with Crippen LogP contribution in [0.25, 0.3) is 0 Å². The monoisotopic (exact) mass is 236 g/mol. The van der Waals surface area contributed by atoms with Gasteiger partial charge in [0.2, 0.25) is 0 Å². The van der Waals surface area contributed by atoms with Crippen LogP contribution in [0.1, 0.15) is 26.7 Å². The molecular weight excluding hydrogens is 212 g/mol. The van der Waals surface area contributed by atoms with E-state index >= 15 is 0 Å². The summed E-state index contributed by atoms with van der Waals surface area (Å²) in [6.45, 7) is 9.13. The molecule has 0 bridgehead atoms. The van der Waals surface area contributed by atoms with Crippen LogP contribution >= 0.6 is 0 Å². The lowest BCUT2D eigenvalue weighted by Gasteiger charge is -2.24. The lowest BCUT2D eigenvalue weighted by Crippen LogP contribution is -2.38. The summed E-state index contributed by atoms with van der Waals surface area (Å²) in [5.41, 5.74) is 0. The summed E-state index contributed by atoms with van der Waals surface area (Å²) in [5.74, 6) is 0. The Labute approximate surface area is 104 Å². The van der Waals surface area contributed by atoms with Crippen LogP contribution in [-0.2, 0) is 6.54 Å². The van der Waals surface area contributed by atoms with Gasteiger partial charge in [-0.3, -0.25) is 4.90 Å². The third kappa shape index (κ3) is 3.54. The van der Waals surface area contributed by atoms with Gasteiger partial charge < -0.3 is 9.88 Å². The quantitative estimate of drug-likeness (QED) is 0.809. The van der Waals surface area contributed by atoms with Crippen molar-refractivity contribution in [3.05, 3.63) is 18.7 Å². The third-order valence-corrected chi connectivity index (χ3v) is 3.56. The molecule has 1 aromatic rings. The van der Waals surface area contributed by atoms with Crippen molar-refractivity contribution in [1.82, 2.24) is 19.8 Å². The minimum atomic E-state index is 0.595. The second-order valence-corrected chi connectivity index (χ2v) is 5.04. The molecule has 0 aromatic carbocycles. The van der Waals surface area contributed by atoms with E-state index in [2.05, 4.69) is 33.6 Å². The predicted octanol–water partition coefficient (Wildman–Crippen LogP) is 1.35. The van der Waals surface area contributed by atoms with E-state index in [1.165, 1.54) is 25.9 Å². The van der Waals surface area contributed by atoms with E-state index in [0.29, 0.717) is 12.1 Å². The maximum absolute atomic E-state index is 4.09. The van der Waals surface area contributed by atoms with Gasteiger partial charge in [0.15, 0.2) is 0 Å². The molecule has 0 radical (unpaired) electrons. The Hall–Kier alpha value is -0.870. The van der Waals surface area contributed by atoms with Crippen molar-refractivity contribution < 1.29 is 0 Å².